The van der Waals surface area contributed by atoms with Gasteiger partial charge in [-0.25, -0.2) is 4.39 Å². The zero-order valence-electron chi connectivity index (χ0n) is 12.9. The van der Waals surface area contributed by atoms with Crippen LogP contribution < -0.4 is 5.32 Å². The summed E-state index contributed by atoms with van der Waals surface area (Å²) in [5.41, 5.74) is 7.10. The molecule has 0 bridgehead atoms. The summed E-state index contributed by atoms with van der Waals surface area (Å²) in [5.74, 6) is 0.0534. The average molecular weight is 295 g/mol. The SMILES string of the molecule is CC1=C(C)C2C=C3C(=C(O)c4cc(F)ccc43)C=C2NC1C. The number of allylic oxidation sites excluding steroid dienone is 4. The molecule has 3 heteroatoms. The van der Waals surface area contributed by atoms with Crippen LogP contribution >= 0.6 is 0 Å². The highest BCUT2D eigenvalue weighted by Crippen LogP contribution is 2.47. The smallest absolute Gasteiger partial charge is 0.131 e. The predicted molar refractivity (Wildman–Crippen MR) is 86.5 cm³/mol. The lowest BCUT2D eigenvalue weighted by molar-refractivity contribution is 0.509. The second-order valence-electron chi connectivity index (χ2n) is 6.34. The van der Waals surface area contributed by atoms with E-state index >= 15 is 0 Å². The third-order valence-electron chi connectivity index (χ3n) is 5.16. The first-order chi connectivity index (χ1) is 10.5. The molecule has 0 aromatic heterocycles. The van der Waals surface area contributed by atoms with Crippen LogP contribution in [0.3, 0.4) is 0 Å². The molecule has 0 radical (unpaired) electrons. The van der Waals surface area contributed by atoms with Gasteiger partial charge in [-0.1, -0.05) is 23.3 Å². The average Bonchev–Trinajstić information content (AvgIpc) is 2.76. The summed E-state index contributed by atoms with van der Waals surface area (Å²) < 4.78 is 13.5. The van der Waals surface area contributed by atoms with Crippen LogP contribution in [0, 0.1) is 11.7 Å². The fourth-order valence-electron chi connectivity index (χ4n) is 3.63. The molecule has 112 valence electrons. The molecule has 1 aromatic rings. The number of benzene rings is 1. The Kier molecular flexibility index (Phi) is 2.65. The minimum atomic E-state index is -0.325. The van der Waals surface area contributed by atoms with Crippen molar-refractivity contribution < 1.29 is 9.50 Å². The van der Waals surface area contributed by atoms with E-state index in [1.807, 2.05) is 6.08 Å². The second kappa shape index (κ2) is 4.35. The molecule has 0 saturated heterocycles. The van der Waals surface area contributed by atoms with Gasteiger partial charge in [0.05, 0.1) is 0 Å². The van der Waals surface area contributed by atoms with Crippen LogP contribution in [0.5, 0.6) is 0 Å². The van der Waals surface area contributed by atoms with E-state index in [0.717, 1.165) is 22.4 Å². The van der Waals surface area contributed by atoms with Crippen LogP contribution in [0.1, 0.15) is 31.9 Å². The molecule has 1 heterocycles. The van der Waals surface area contributed by atoms with Crippen molar-refractivity contribution in [3.63, 3.8) is 0 Å². The second-order valence-corrected chi connectivity index (χ2v) is 6.34. The number of aliphatic hydroxyl groups excluding tert-OH is 1. The van der Waals surface area contributed by atoms with Crippen molar-refractivity contribution in [1.29, 1.82) is 0 Å². The molecule has 0 amide bonds. The molecule has 2 N–H and O–H groups in total. The maximum Gasteiger partial charge on any atom is 0.131 e. The van der Waals surface area contributed by atoms with Gasteiger partial charge in [-0.3, -0.25) is 0 Å². The highest BCUT2D eigenvalue weighted by atomic mass is 19.1. The summed E-state index contributed by atoms with van der Waals surface area (Å²) in [6, 6.07) is 4.90. The molecule has 2 aliphatic carbocycles. The van der Waals surface area contributed by atoms with E-state index in [2.05, 4.69) is 32.2 Å². The maximum atomic E-state index is 13.5. The van der Waals surface area contributed by atoms with Crippen molar-refractivity contribution in [3.8, 4) is 0 Å². The summed E-state index contributed by atoms with van der Waals surface area (Å²) in [6.45, 7) is 6.46. The third kappa shape index (κ3) is 1.65. The Morgan fingerprint density at radius 1 is 1.14 bits per heavy atom. The monoisotopic (exact) mass is 295 g/mol. The van der Waals surface area contributed by atoms with Gasteiger partial charge in [0.15, 0.2) is 0 Å². The predicted octanol–water partition coefficient (Wildman–Crippen LogP) is 4.33. The topological polar surface area (TPSA) is 32.3 Å². The first-order valence-corrected chi connectivity index (χ1v) is 7.58. The van der Waals surface area contributed by atoms with E-state index in [9.17, 15) is 9.50 Å². The Morgan fingerprint density at radius 2 is 1.91 bits per heavy atom. The molecule has 1 aliphatic heterocycles. The van der Waals surface area contributed by atoms with Crippen molar-refractivity contribution in [2.24, 2.45) is 5.92 Å². The normalized spacial score (nSPS) is 26.0. The highest BCUT2D eigenvalue weighted by molar-refractivity contribution is 6.01. The largest absolute Gasteiger partial charge is 0.507 e. The first-order valence-electron chi connectivity index (χ1n) is 7.58. The van der Waals surface area contributed by atoms with Gasteiger partial charge in [-0.15, -0.1) is 0 Å². The van der Waals surface area contributed by atoms with Crippen LogP contribution in [0.4, 0.5) is 4.39 Å². The summed E-state index contributed by atoms with van der Waals surface area (Å²) in [5, 5.41) is 14.0. The van der Waals surface area contributed by atoms with E-state index in [1.54, 1.807) is 6.07 Å². The van der Waals surface area contributed by atoms with Gasteiger partial charge >= 0.3 is 0 Å². The van der Waals surface area contributed by atoms with E-state index in [4.69, 9.17) is 0 Å². The molecule has 2 atom stereocenters. The molecule has 2 nitrogen and oxygen atoms in total. The molecule has 0 fully saturated rings. The Hall–Kier alpha value is -2.29. The maximum absolute atomic E-state index is 13.5. The van der Waals surface area contributed by atoms with Gasteiger partial charge in [0.25, 0.3) is 0 Å². The third-order valence-corrected chi connectivity index (χ3v) is 5.16. The lowest BCUT2D eigenvalue weighted by Gasteiger charge is -2.35. The minimum absolute atomic E-state index is 0.171. The van der Waals surface area contributed by atoms with Gasteiger partial charge in [0.1, 0.15) is 11.6 Å². The zero-order valence-corrected chi connectivity index (χ0v) is 12.9. The molecule has 1 aromatic carbocycles. The molecular formula is C19H18FNO. The molecular weight excluding hydrogens is 277 g/mol. The van der Waals surface area contributed by atoms with Gasteiger partial charge in [0, 0.05) is 28.8 Å². The van der Waals surface area contributed by atoms with Crippen molar-refractivity contribution in [1.82, 2.24) is 5.32 Å². The number of nitrogens with one attached hydrogen (secondary N) is 1. The lowest BCUT2D eigenvalue weighted by atomic mass is 9.80. The van der Waals surface area contributed by atoms with Crippen LogP contribution in [0.2, 0.25) is 0 Å². The van der Waals surface area contributed by atoms with Gasteiger partial charge in [0.2, 0.25) is 0 Å². The number of hydrogen-bond acceptors (Lipinski definition) is 2. The van der Waals surface area contributed by atoms with Crippen LogP contribution in [-0.4, -0.2) is 11.1 Å². The Labute approximate surface area is 129 Å². The molecule has 0 spiro atoms. The quantitative estimate of drug-likeness (QED) is 0.698. The molecule has 2 unspecified atom stereocenters. The number of rotatable bonds is 0. The summed E-state index contributed by atoms with van der Waals surface area (Å²) in [4.78, 5) is 0. The Balaban J connectivity index is 1.93. The van der Waals surface area contributed by atoms with E-state index in [0.29, 0.717) is 11.6 Å². The number of halogens is 1. The van der Waals surface area contributed by atoms with Crippen molar-refractivity contribution >= 4 is 11.3 Å². The number of fused-ring (bicyclic) bond motifs is 4. The zero-order chi connectivity index (χ0) is 15.6. The standard InChI is InChI=1S/C19H18FNO/c1-9-10(2)14-7-15-13-5-4-12(20)6-16(13)19(22)17(15)8-18(14)21-11(9)3/h4-8,11,14,21-22H,1-3H3. The lowest BCUT2D eigenvalue weighted by Crippen LogP contribution is -2.36. The van der Waals surface area contributed by atoms with Gasteiger partial charge < -0.3 is 10.4 Å². The molecule has 22 heavy (non-hydrogen) atoms. The summed E-state index contributed by atoms with van der Waals surface area (Å²) in [6.07, 6.45) is 4.20. The first kappa shape index (κ1) is 13.4. The van der Waals surface area contributed by atoms with Crippen LogP contribution in [0.15, 0.2) is 52.8 Å². The summed E-state index contributed by atoms with van der Waals surface area (Å²) >= 11 is 0. The molecule has 4 rings (SSSR count). The van der Waals surface area contributed by atoms with Crippen molar-refractivity contribution in [2.45, 2.75) is 26.8 Å². The molecule has 0 saturated carbocycles. The Morgan fingerprint density at radius 3 is 2.68 bits per heavy atom. The van der Waals surface area contributed by atoms with Crippen LogP contribution in [0.25, 0.3) is 11.3 Å². The molecule has 3 aliphatic rings. The highest BCUT2D eigenvalue weighted by Gasteiger charge is 2.34. The van der Waals surface area contributed by atoms with Gasteiger partial charge in [-0.2, -0.15) is 0 Å². The summed E-state index contributed by atoms with van der Waals surface area (Å²) in [7, 11) is 0. The number of hydrogen-bond donors (Lipinski definition) is 2. The van der Waals surface area contributed by atoms with E-state index in [1.165, 1.54) is 23.3 Å². The van der Waals surface area contributed by atoms with Crippen molar-refractivity contribution in [3.05, 3.63) is 69.7 Å². The van der Waals surface area contributed by atoms with Crippen LogP contribution in [-0.2, 0) is 0 Å². The Bertz CT molecular complexity index is 826. The fourth-order valence-corrected chi connectivity index (χ4v) is 3.63. The van der Waals surface area contributed by atoms with E-state index < -0.39 is 0 Å². The fraction of sp³-hybridized carbons (Fsp3) is 0.263. The van der Waals surface area contributed by atoms with E-state index in [-0.39, 0.29) is 17.5 Å². The van der Waals surface area contributed by atoms with Gasteiger partial charge in [-0.05, 0) is 50.1 Å². The number of aliphatic hydroxyl groups is 1. The minimum Gasteiger partial charge on any atom is -0.507 e. The van der Waals surface area contributed by atoms with Crippen molar-refractivity contribution in [2.75, 3.05) is 0 Å².